The van der Waals surface area contributed by atoms with E-state index in [1.807, 2.05) is 24.3 Å². The van der Waals surface area contributed by atoms with Crippen LogP contribution in [0.5, 0.6) is 5.75 Å². The van der Waals surface area contributed by atoms with Crippen LogP contribution in [0.2, 0.25) is 0 Å². The topological polar surface area (TPSA) is 82.3 Å². The summed E-state index contributed by atoms with van der Waals surface area (Å²) in [6, 6.07) is 13.5. The number of aliphatic hydroxyl groups is 1. The van der Waals surface area contributed by atoms with Crippen LogP contribution < -0.4 is 4.74 Å². The van der Waals surface area contributed by atoms with Gasteiger partial charge in [0.2, 0.25) is 5.16 Å². The third-order valence-corrected chi connectivity index (χ3v) is 4.70. The number of ether oxygens (including phenoxy) is 2. The Labute approximate surface area is 160 Å². The molecule has 7 nitrogen and oxygen atoms in total. The maximum Gasteiger partial charge on any atom is 0.214 e. The zero-order chi connectivity index (χ0) is 19.1. The van der Waals surface area contributed by atoms with Crippen LogP contribution in [0.1, 0.15) is 5.56 Å². The lowest BCUT2D eigenvalue weighted by molar-refractivity contribution is 0.0397. The third-order valence-electron chi connectivity index (χ3n) is 3.64. The molecule has 0 amide bonds. The van der Waals surface area contributed by atoms with E-state index in [4.69, 9.17) is 9.47 Å². The van der Waals surface area contributed by atoms with Gasteiger partial charge in [-0.25, -0.2) is 4.39 Å². The number of benzene rings is 2. The number of hydrogen-bond donors (Lipinski definition) is 1. The summed E-state index contributed by atoms with van der Waals surface area (Å²) in [5, 5.41) is 22.0. The number of rotatable bonds is 9. The van der Waals surface area contributed by atoms with Gasteiger partial charge in [-0.2, -0.15) is 4.68 Å². The molecule has 27 heavy (non-hydrogen) atoms. The highest BCUT2D eigenvalue weighted by Crippen LogP contribution is 2.19. The minimum Gasteiger partial charge on any atom is -0.497 e. The van der Waals surface area contributed by atoms with E-state index < -0.39 is 6.10 Å². The van der Waals surface area contributed by atoms with Crippen LogP contribution >= 0.6 is 11.8 Å². The standard InChI is InChI=1S/C18H19FN4O3S/c1-25-17-7-5-13(6-8-17)10-26-11-16(24)12-27-18-20-21-22-23(18)15-4-2-3-14(19)9-15/h2-9,16,24H,10-12H2,1H3/t16-/m0/s1. The largest absolute Gasteiger partial charge is 0.497 e. The van der Waals surface area contributed by atoms with E-state index in [-0.39, 0.29) is 12.4 Å². The molecule has 3 aromatic rings. The molecule has 0 spiro atoms. The minimum absolute atomic E-state index is 0.181. The highest BCUT2D eigenvalue weighted by molar-refractivity contribution is 7.99. The van der Waals surface area contributed by atoms with Crippen LogP contribution in [0.25, 0.3) is 5.69 Å². The smallest absolute Gasteiger partial charge is 0.214 e. The molecule has 0 fully saturated rings. The van der Waals surface area contributed by atoms with Crippen LogP contribution in [0.15, 0.2) is 53.7 Å². The summed E-state index contributed by atoms with van der Waals surface area (Å²) >= 11 is 1.27. The molecule has 1 N–H and O–H groups in total. The van der Waals surface area contributed by atoms with Crippen molar-refractivity contribution in [2.75, 3.05) is 19.5 Å². The summed E-state index contributed by atoms with van der Waals surface area (Å²) in [5.74, 6) is 0.760. The van der Waals surface area contributed by atoms with Gasteiger partial charge in [-0.05, 0) is 46.3 Å². The molecule has 0 radical (unpaired) electrons. The number of methoxy groups -OCH3 is 1. The lowest BCUT2D eigenvalue weighted by Gasteiger charge is -2.11. The Morgan fingerprint density at radius 2 is 2.04 bits per heavy atom. The molecule has 0 aliphatic carbocycles. The van der Waals surface area contributed by atoms with E-state index in [9.17, 15) is 9.50 Å². The van der Waals surface area contributed by atoms with Crippen molar-refractivity contribution in [2.24, 2.45) is 0 Å². The van der Waals surface area contributed by atoms with E-state index >= 15 is 0 Å². The molecule has 1 atom stereocenters. The van der Waals surface area contributed by atoms with E-state index in [0.29, 0.717) is 23.2 Å². The average molecular weight is 390 g/mol. The van der Waals surface area contributed by atoms with Gasteiger partial charge in [0.1, 0.15) is 11.6 Å². The van der Waals surface area contributed by atoms with Crippen molar-refractivity contribution >= 4 is 11.8 Å². The van der Waals surface area contributed by atoms with Gasteiger partial charge in [-0.3, -0.25) is 0 Å². The summed E-state index contributed by atoms with van der Waals surface area (Å²) in [6.45, 7) is 0.577. The van der Waals surface area contributed by atoms with Gasteiger partial charge in [0.15, 0.2) is 0 Å². The van der Waals surface area contributed by atoms with Gasteiger partial charge in [0, 0.05) is 5.75 Å². The maximum absolute atomic E-state index is 13.4. The zero-order valence-electron chi connectivity index (χ0n) is 14.7. The molecule has 142 valence electrons. The molecule has 0 aliphatic rings. The van der Waals surface area contributed by atoms with Crippen LogP contribution in [0.3, 0.4) is 0 Å². The van der Waals surface area contributed by atoms with Gasteiger partial charge in [-0.1, -0.05) is 30.0 Å². The molecular weight excluding hydrogens is 371 g/mol. The second-order valence-corrected chi connectivity index (χ2v) is 6.67. The lowest BCUT2D eigenvalue weighted by atomic mass is 10.2. The first kappa shape index (κ1) is 19.3. The Bertz CT molecular complexity index is 860. The first-order valence-electron chi connectivity index (χ1n) is 8.21. The SMILES string of the molecule is COc1ccc(COC[C@H](O)CSc2nnnn2-c2cccc(F)c2)cc1. The maximum atomic E-state index is 13.4. The first-order chi connectivity index (χ1) is 13.2. The monoisotopic (exact) mass is 390 g/mol. The Hall–Kier alpha value is -2.49. The number of hydrogen-bond acceptors (Lipinski definition) is 7. The van der Waals surface area contributed by atoms with Crippen molar-refractivity contribution in [1.82, 2.24) is 20.2 Å². The molecule has 0 aliphatic heterocycles. The number of tetrazole rings is 1. The molecule has 9 heteroatoms. The Balaban J connectivity index is 1.47. The molecule has 0 bridgehead atoms. The van der Waals surface area contributed by atoms with Crippen molar-refractivity contribution in [3.63, 3.8) is 0 Å². The van der Waals surface area contributed by atoms with E-state index in [1.165, 1.54) is 28.6 Å². The van der Waals surface area contributed by atoms with Crippen LogP contribution in [-0.4, -0.2) is 50.9 Å². The fraction of sp³-hybridized carbons (Fsp3) is 0.278. The second-order valence-electron chi connectivity index (χ2n) is 5.68. The van der Waals surface area contributed by atoms with Crippen molar-refractivity contribution in [3.05, 3.63) is 59.9 Å². The average Bonchev–Trinajstić information content (AvgIpc) is 3.15. The summed E-state index contributed by atoms with van der Waals surface area (Å²) in [6.07, 6.45) is -0.689. The number of aliphatic hydroxyl groups excluding tert-OH is 1. The fourth-order valence-corrected chi connectivity index (χ4v) is 3.09. The normalized spacial score (nSPS) is 12.1. The minimum atomic E-state index is -0.689. The highest BCUT2D eigenvalue weighted by Gasteiger charge is 2.13. The molecule has 3 rings (SSSR count). The van der Waals surface area contributed by atoms with Crippen molar-refractivity contribution in [2.45, 2.75) is 17.9 Å². The van der Waals surface area contributed by atoms with E-state index in [0.717, 1.165) is 11.3 Å². The van der Waals surface area contributed by atoms with Crippen LogP contribution in [0, 0.1) is 5.82 Å². The second kappa shape index (κ2) is 9.45. The van der Waals surface area contributed by atoms with Crippen molar-refractivity contribution in [1.29, 1.82) is 0 Å². The summed E-state index contributed by atoms with van der Waals surface area (Å²) in [5.41, 5.74) is 1.51. The summed E-state index contributed by atoms with van der Waals surface area (Å²) in [4.78, 5) is 0. The van der Waals surface area contributed by atoms with Gasteiger partial charge in [0.25, 0.3) is 0 Å². The Morgan fingerprint density at radius 3 is 2.78 bits per heavy atom. The Morgan fingerprint density at radius 1 is 1.22 bits per heavy atom. The molecule has 2 aromatic carbocycles. The summed E-state index contributed by atoms with van der Waals surface area (Å²) in [7, 11) is 1.62. The van der Waals surface area contributed by atoms with Gasteiger partial charge >= 0.3 is 0 Å². The molecule has 0 unspecified atom stereocenters. The number of thioether (sulfide) groups is 1. The molecule has 0 saturated heterocycles. The van der Waals surface area contributed by atoms with Crippen LogP contribution in [0.4, 0.5) is 4.39 Å². The van der Waals surface area contributed by atoms with E-state index in [1.54, 1.807) is 19.2 Å². The van der Waals surface area contributed by atoms with Crippen LogP contribution in [-0.2, 0) is 11.3 Å². The predicted molar refractivity (Wildman–Crippen MR) is 98.5 cm³/mol. The van der Waals surface area contributed by atoms with Crippen molar-refractivity contribution in [3.8, 4) is 11.4 Å². The third kappa shape index (κ3) is 5.49. The predicted octanol–water partition coefficient (Wildman–Crippen LogP) is 2.48. The molecule has 0 saturated carbocycles. The lowest BCUT2D eigenvalue weighted by Crippen LogP contribution is -2.18. The van der Waals surface area contributed by atoms with Crippen molar-refractivity contribution < 1.29 is 19.0 Å². The fourth-order valence-electron chi connectivity index (χ4n) is 2.29. The van der Waals surface area contributed by atoms with Gasteiger partial charge in [0.05, 0.1) is 32.1 Å². The van der Waals surface area contributed by atoms with Gasteiger partial charge in [-0.15, -0.1) is 5.10 Å². The number of aromatic nitrogens is 4. The number of nitrogens with zero attached hydrogens (tertiary/aromatic N) is 4. The van der Waals surface area contributed by atoms with Gasteiger partial charge < -0.3 is 14.6 Å². The molecular formula is C18H19FN4O3S. The quantitative estimate of drug-likeness (QED) is 0.562. The Kier molecular flexibility index (Phi) is 6.74. The number of halogens is 1. The summed E-state index contributed by atoms with van der Waals surface area (Å²) < 4.78 is 25.5. The highest BCUT2D eigenvalue weighted by atomic mass is 32.2. The zero-order valence-corrected chi connectivity index (χ0v) is 15.5. The molecule has 1 aromatic heterocycles. The first-order valence-corrected chi connectivity index (χ1v) is 9.20. The van der Waals surface area contributed by atoms with E-state index in [2.05, 4.69) is 15.5 Å². The molecule has 1 heterocycles.